The second kappa shape index (κ2) is 26.8. The average Bonchev–Trinajstić information content (AvgIpc) is 4.08. The van der Waals surface area contributed by atoms with Crippen LogP contribution < -0.4 is 42.5 Å². The van der Waals surface area contributed by atoms with E-state index in [0.29, 0.717) is 51.6 Å². The molecule has 3 aliphatic carbocycles. The number of carbonyl (C=O) groups excluding carboxylic acids is 8. The van der Waals surface area contributed by atoms with Gasteiger partial charge in [0, 0.05) is 50.1 Å². The standard InChI is InChI=1S/C54H94N10O8/c1-33(55-9)45(65)61-43(53(3,4)5)51(71)63-29-19-27-41(63)49(69)59-39(35-21-13-11-14-22-35)31-57-47(67)37-25-17-18-26-38(37)48(68)58-32-40(36-23-15-12-16-24-36)60-50(70)42-28-20-30-64(42)52(72)44(54(6,7)8)62-46(66)34(2)56-10/h33-44,55-56H,11-32H2,1-10H3,(H,57,67)(H,58,68)(H,59,69)(H,60,70)(H,61,65)(H,62,66)/t33-,34?,37?,38?,39?,40+,41-,42-,43+,44+/m0/s1. The van der Waals surface area contributed by atoms with Gasteiger partial charge < -0.3 is 52.3 Å². The van der Waals surface area contributed by atoms with E-state index in [1.807, 2.05) is 41.5 Å². The molecule has 4 unspecified atom stereocenters. The second-order valence-electron chi connectivity index (χ2n) is 24.0. The third kappa shape index (κ3) is 15.6. The molecule has 8 N–H and O–H groups in total. The molecule has 0 bridgehead atoms. The van der Waals surface area contributed by atoms with Crippen LogP contribution in [0.2, 0.25) is 0 Å². The van der Waals surface area contributed by atoms with E-state index in [1.54, 1.807) is 37.7 Å². The van der Waals surface area contributed by atoms with Crippen LogP contribution in [0.4, 0.5) is 0 Å². The monoisotopic (exact) mass is 1010 g/mol. The van der Waals surface area contributed by atoms with Crippen LogP contribution in [-0.4, -0.2) is 146 Å². The Kier molecular flexibility index (Phi) is 21.8. The summed E-state index contributed by atoms with van der Waals surface area (Å²) in [4.78, 5) is 115. The highest BCUT2D eigenvalue weighted by Gasteiger charge is 2.45. The van der Waals surface area contributed by atoms with Gasteiger partial charge in [-0.05, 0) is 115 Å². The molecule has 5 aliphatic rings. The summed E-state index contributed by atoms with van der Waals surface area (Å²) in [6.45, 7) is 16.1. The van der Waals surface area contributed by atoms with Crippen LogP contribution in [0, 0.1) is 34.5 Å². The zero-order chi connectivity index (χ0) is 52.9. The molecule has 5 fully saturated rings. The Balaban J connectivity index is 1.24. The highest BCUT2D eigenvalue weighted by molar-refractivity contribution is 5.95. The van der Waals surface area contributed by atoms with E-state index >= 15 is 0 Å². The Morgan fingerprint density at radius 3 is 1.10 bits per heavy atom. The lowest BCUT2D eigenvalue weighted by Crippen LogP contribution is -2.60. The molecule has 8 amide bonds. The lowest BCUT2D eigenvalue weighted by atomic mass is 9.77. The topological polar surface area (TPSA) is 239 Å². The van der Waals surface area contributed by atoms with Gasteiger partial charge in [-0.3, -0.25) is 38.4 Å². The van der Waals surface area contributed by atoms with Crippen molar-refractivity contribution in [2.24, 2.45) is 34.5 Å². The van der Waals surface area contributed by atoms with Gasteiger partial charge >= 0.3 is 0 Å². The van der Waals surface area contributed by atoms with Gasteiger partial charge in [0.05, 0.1) is 12.1 Å². The summed E-state index contributed by atoms with van der Waals surface area (Å²) in [5, 5.41) is 24.7. The fourth-order valence-electron chi connectivity index (χ4n) is 11.8. The lowest BCUT2D eigenvalue weighted by molar-refractivity contribution is -0.144. The zero-order valence-electron chi connectivity index (χ0n) is 45.6. The molecule has 5 rings (SSSR count). The number of likely N-dealkylation sites (N-methyl/N-ethyl adjacent to an activating group) is 2. The number of nitrogens with one attached hydrogen (secondary N) is 8. The molecule has 0 aromatic heterocycles. The maximum Gasteiger partial charge on any atom is 0.246 e. The van der Waals surface area contributed by atoms with Crippen molar-refractivity contribution in [2.75, 3.05) is 40.3 Å². The fraction of sp³-hybridized carbons (Fsp3) is 0.852. The van der Waals surface area contributed by atoms with E-state index in [-0.39, 0.29) is 84.3 Å². The van der Waals surface area contributed by atoms with Gasteiger partial charge in [-0.2, -0.15) is 0 Å². The Morgan fingerprint density at radius 2 is 0.778 bits per heavy atom. The van der Waals surface area contributed by atoms with Crippen LogP contribution in [0.3, 0.4) is 0 Å². The Labute approximate surface area is 430 Å². The van der Waals surface area contributed by atoms with E-state index in [0.717, 1.165) is 77.0 Å². The second-order valence-corrected chi connectivity index (χ2v) is 24.0. The Hall–Kier alpha value is -4.32. The first kappa shape index (κ1) is 58.6. The molecule has 18 heteroatoms. The van der Waals surface area contributed by atoms with E-state index < -0.39 is 58.9 Å². The Morgan fingerprint density at radius 1 is 0.444 bits per heavy atom. The summed E-state index contributed by atoms with van der Waals surface area (Å²) in [7, 11) is 3.37. The number of likely N-dealkylation sites (tertiary alicyclic amines) is 2. The minimum atomic E-state index is -0.831. The molecule has 0 radical (unpaired) electrons. The molecular weight excluding hydrogens is 917 g/mol. The minimum Gasteiger partial charge on any atom is -0.354 e. The van der Waals surface area contributed by atoms with Crippen molar-refractivity contribution >= 4 is 47.3 Å². The van der Waals surface area contributed by atoms with E-state index in [4.69, 9.17) is 0 Å². The zero-order valence-corrected chi connectivity index (χ0v) is 45.6. The molecule has 10 atom stereocenters. The van der Waals surface area contributed by atoms with Crippen molar-refractivity contribution in [1.29, 1.82) is 0 Å². The first-order valence-corrected chi connectivity index (χ1v) is 27.8. The van der Waals surface area contributed by atoms with Crippen LogP contribution in [0.5, 0.6) is 0 Å². The maximum atomic E-state index is 14.3. The predicted octanol–water partition coefficient (Wildman–Crippen LogP) is 3.42. The van der Waals surface area contributed by atoms with Gasteiger partial charge in [0.1, 0.15) is 24.2 Å². The van der Waals surface area contributed by atoms with Crippen molar-refractivity contribution in [3.8, 4) is 0 Å². The molecule has 2 aliphatic heterocycles. The summed E-state index contributed by atoms with van der Waals surface area (Å²) in [6, 6.07) is -4.80. The predicted molar refractivity (Wildman–Crippen MR) is 278 cm³/mol. The molecule has 408 valence electrons. The molecule has 0 aromatic carbocycles. The van der Waals surface area contributed by atoms with Crippen molar-refractivity contribution < 1.29 is 38.4 Å². The fourth-order valence-corrected chi connectivity index (χ4v) is 11.8. The molecule has 72 heavy (non-hydrogen) atoms. The van der Waals surface area contributed by atoms with Gasteiger partial charge in [0.15, 0.2) is 0 Å². The third-order valence-corrected chi connectivity index (χ3v) is 16.7. The first-order valence-electron chi connectivity index (χ1n) is 27.8. The SMILES string of the molecule is CNC(C)C(=O)N[C@H](C(=O)N1CCC[C@H]1C(=O)N[C@H](CNC(=O)C1CCCCC1C(=O)NCC(NC(=O)[C@@H]1CCCN1C(=O)[C@@H](NC(=O)[C@H](C)NC)C(C)(C)C)C1CCCCC1)C1CCCCC1)C(C)(C)C. The van der Waals surface area contributed by atoms with E-state index in [9.17, 15) is 38.4 Å². The quantitative estimate of drug-likeness (QED) is 0.0885. The summed E-state index contributed by atoms with van der Waals surface area (Å²) < 4.78 is 0. The van der Waals surface area contributed by atoms with Gasteiger partial charge in [0.2, 0.25) is 47.3 Å². The summed E-state index contributed by atoms with van der Waals surface area (Å²) in [5.41, 5.74) is -1.21. The molecular formula is C54H94N10O8. The highest BCUT2D eigenvalue weighted by atomic mass is 16.2. The van der Waals surface area contributed by atoms with Crippen molar-refractivity contribution in [3.63, 3.8) is 0 Å². The largest absolute Gasteiger partial charge is 0.354 e. The summed E-state index contributed by atoms with van der Waals surface area (Å²) in [5.74, 6) is -2.94. The number of hydrogen-bond acceptors (Lipinski definition) is 10. The number of carbonyl (C=O) groups is 8. The van der Waals surface area contributed by atoms with Gasteiger partial charge in [0.25, 0.3) is 0 Å². The molecule has 18 nitrogen and oxygen atoms in total. The van der Waals surface area contributed by atoms with Gasteiger partial charge in [-0.25, -0.2) is 0 Å². The van der Waals surface area contributed by atoms with Crippen LogP contribution in [-0.2, 0) is 38.4 Å². The Bertz CT molecular complexity index is 1740. The molecule has 3 saturated carbocycles. The number of rotatable bonds is 20. The van der Waals surface area contributed by atoms with Crippen molar-refractivity contribution in [3.05, 3.63) is 0 Å². The highest BCUT2D eigenvalue weighted by Crippen LogP contribution is 2.33. The summed E-state index contributed by atoms with van der Waals surface area (Å²) in [6.07, 6.45) is 15.0. The summed E-state index contributed by atoms with van der Waals surface area (Å²) >= 11 is 0. The van der Waals surface area contributed by atoms with Crippen LogP contribution in [0.15, 0.2) is 0 Å². The molecule has 0 aromatic rings. The van der Waals surface area contributed by atoms with Crippen molar-refractivity contribution in [2.45, 2.75) is 219 Å². The van der Waals surface area contributed by atoms with E-state index in [2.05, 4.69) is 42.5 Å². The molecule has 0 spiro atoms. The number of hydrogen-bond donors (Lipinski definition) is 8. The third-order valence-electron chi connectivity index (χ3n) is 16.7. The van der Waals surface area contributed by atoms with E-state index in [1.165, 1.54) is 0 Å². The molecule has 2 saturated heterocycles. The maximum absolute atomic E-state index is 14.3. The van der Waals surface area contributed by atoms with Gasteiger partial charge in [-0.15, -0.1) is 0 Å². The van der Waals surface area contributed by atoms with Crippen LogP contribution in [0.25, 0.3) is 0 Å². The van der Waals surface area contributed by atoms with Crippen molar-refractivity contribution in [1.82, 2.24) is 52.3 Å². The smallest absolute Gasteiger partial charge is 0.246 e. The minimum absolute atomic E-state index is 0.137. The molecule has 2 heterocycles. The normalized spacial score (nSPS) is 25.0. The van der Waals surface area contributed by atoms with Crippen LogP contribution >= 0.6 is 0 Å². The average molecular weight is 1010 g/mol. The number of nitrogens with zero attached hydrogens (tertiary/aromatic N) is 2. The van der Waals surface area contributed by atoms with Gasteiger partial charge in [-0.1, -0.05) is 92.9 Å². The first-order chi connectivity index (χ1) is 34.1. The number of amides is 8. The lowest BCUT2D eigenvalue weighted by Gasteiger charge is -2.37. The van der Waals surface area contributed by atoms with Crippen LogP contribution in [0.1, 0.15) is 171 Å².